The van der Waals surface area contributed by atoms with Crippen molar-refractivity contribution in [2.45, 2.75) is 26.3 Å². The van der Waals surface area contributed by atoms with Gasteiger partial charge >= 0.3 is 0 Å². The van der Waals surface area contributed by atoms with E-state index in [2.05, 4.69) is 15.6 Å². The van der Waals surface area contributed by atoms with Gasteiger partial charge in [0.15, 0.2) is 17.5 Å². The van der Waals surface area contributed by atoms with Crippen LogP contribution in [-0.4, -0.2) is 25.5 Å². The first-order valence-corrected chi connectivity index (χ1v) is 6.85. The Morgan fingerprint density at radius 1 is 1.43 bits per heavy atom. The average Bonchev–Trinajstić information content (AvgIpc) is 2.73. The molecule has 0 aromatic heterocycles. The molecule has 1 fully saturated rings. The molecule has 1 amide bonds. The summed E-state index contributed by atoms with van der Waals surface area (Å²) < 4.78 is 18.7. The monoisotopic (exact) mass is 293 g/mol. The summed E-state index contributed by atoms with van der Waals surface area (Å²) in [4.78, 5) is 16.5. The number of nitrogens with one attached hydrogen (secondary N) is 2. The minimum Gasteiger partial charge on any atom is -0.494 e. The fourth-order valence-corrected chi connectivity index (χ4v) is 2.09. The van der Waals surface area contributed by atoms with Crippen molar-refractivity contribution in [2.24, 2.45) is 10.9 Å². The van der Waals surface area contributed by atoms with Crippen LogP contribution in [0.4, 0.5) is 4.39 Å². The number of hydrogen-bond acceptors (Lipinski definition) is 3. The molecule has 2 rings (SSSR count). The van der Waals surface area contributed by atoms with Crippen LogP contribution in [0, 0.1) is 11.7 Å². The second kappa shape index (κ2) is 5.71. The van der Waals surface area contributed by atoms with Crippen LogP contribution in [0.25, 0.3) is 0 Å². The predicted octanol–water partition coefficient (Wildman–Crippen LogP) is 1.78. The van der Waals surface area contributed by atoms with Crippen LogP contribution in [0.1, 0.15) is 26.3 Å². The maximum atomic E-state index is 13.8. The highest BCUT2D eigenvalue weighted by molar-refractivity contribution is 6.09. The molecule has 114 valence electrons. The van der Waals surface area contributed by atoms with Gasteiger partial charge in [0.25, 0.3) is 5.91 Å². The van der Waals surface area contributed by atoms with Gasteiger partial charge in [-0.05, 0) is 30.5 Å². The van der Waals surface area contributed by atoms with Gasteiger partial charge in [-0.3, -0.25) is 15.1 Å². The summed E-state index contributed by atoms with van der Waals surface area (Å²) in [5, 5.41) is 5.73. The van der Waals surface area contributed by atoms with Crippen molar-refractivity contribution in [3.63, 3.8) is 0 Å². The van der Waals surface area contributed by atoms with E-state index in [1.165, 1.54) is 19.2 Å². The van der Waals surface area contributed by atoms with Gasteiger partial charge in [-0.15, -0.1) is 0 Å². The standard InChI is InChI=1S/C15H20FN3O2/c1-9(2)8-17-14-18-13(20)15(3,19-14)10-5-6-12(21-4)11(16)7-10/h5-7,9H,8H2,1-4H3,(H2,17,18,19,20). The molecule has 1 aromatic carbocycles. The number of amides is 1. The van der Waals surface area contributed by atoms with Crippen molar-refractivity contribution in [1.29, 1.82) is 0 Å². The topological polar surface area (TPSA) is 62.7 Å². The van der Waals surface area contributed by atoms with Gasteiger partial charge in [0.1, 0.15) is 5.54 Å². The lowest BCUT2D eigenvalue weighted by atomic mass is 9.92. The third-order valence-corrected chi connectivity index (χ3v) is 3.40. The number of aliphatic imine (C=N–C) groups is 1. The zero-order valence-corrected chi connectivity index (χ0v) is 12.7. The Labute approximate surface area is 123 Å². The first-order valence-electron chi connectivity index (χ1n) is 6.85. The molecule has 1 aromatic rings. The average molecular weight is 293 g/mol. The molecule has 0 aliphatic carbocycles. The predicted molar refractivity (Wildman–Crippen MR) is 78.7 cm³/mol. The van der Waals surface area contributed by atoms with Gasteiger partial charge in [-0.25, -0.2) is 4.39 Å². The number of guanidine groups is 1. The summed E-state index contributed by atoms with van der Waals surface area (Å²) in [5.41, 5.74) is -0.517. The minimum absolute atomic E-state index is 0.148. The molecule has 1 aliphatic rings. The maximum Gasteiger partial charge on any atom is 0.256 e. The molecule has 1 aliphatic heterocycles. The van der Waals surface area contributed by atoms with Crippen LogP contribution in [0.5, 0.6) is 5.75 Å². The molecule has 0 bridgehead atoms. The SMILES string of the molecule is COc1ccc(C2(C)NC(=NCC(C)C)NC2=O)cc1F. The highest BCUT2D eigenvalue weighted by Crippen LogP contribution is 2.28. The van der Waals surface area contributed by atoms with Crippen LogP contribution < -0.4 is 15.4 Å². The second-order valence-electron chi connectivity index (χ2n) is 5.64. The molecule has 1 saturated heterocycles. The first-order chi connectivity index (χ1) is 9.86. The molecule has 0 saturated carbocycles. The molecule has 0 spiro atoms. The molecule has 2 N–H and O–H groups in total. The molecule has 6 heteroatoms. The van der Waals surface area contributed by atoms with Crippen molar-refractivity contribution < 1.29 is 13.9 Å². The smallest absolute Gasteiger partial charge is 0.256 e. The molecule has 1 unspecified atom stereocenters. The van der Waals surface area contributed by atoms with Gasteiger partial charge in [0.2, 0.25) is 0 Å². The summed E-state index contributed by atoms with van der Waals surface area (Å²) >= 11 is 0. The lowest BCUT2D eigenvalue weighted by molar-refractivity contribution is -0.123. The van der Waals surface area contributed by atoms with E-state index in [1.54, 1.807) is 13.0 Å². The normalized spacial score (nSPS) is 23.3. The van der Waals surface area contributed by atoms with Crippen LogP contribution >= 0.6 is 0 Å². The lowest BCUT2D eigenvalue weighted by Crippen LogP contribution is -2.40. The fraction of sp³-hybridized carbons (Fsp3) is 0.467. The molecule has 21 heavy (non-hydrogen) atoms. The van der Waals surface area contributed by atoms with Gasteiger partial charge < -0.3 is 10.1 Å². The summed E-state index contributed by atoms with van der Waals surface area (Å²) in [6, 6.07) is 4.48. The first kappa shape index (κ1) is 15.3. The number of nitrogens with zero attached hydrogens (tertiary/aromatic N) is 1. The Hall–Kier alpha value is -2.11. The molecule has 5 nitrogen and oxygen atoms in total. The van der Waals surface area contributed by atoms with E-state index in [0.717, 1.165) is 0 Å². The highest BCUT2D eigenvalue weighted by atomic mass is 19.1. The Kier molecular flexibility index (Phi) is 4.16. The molecule has 0 radical (unpaired) electrons. The van der Waals surface area contributed by atoms with Gasteiger partial charge in [0, 0.05) is 6.54 Å². The lowest BCUT2D eigenvalue weighted by Gasteiger charge is -2.22. The third kappa shape index (κ3) is 2.99. The Balaban J connectivity index is 2.28. The van der Waals surface area contributed by atoms with Crippen molar-refractivity contribution in [1.82, 2.24) is 10.6 Å². The van der Waals surface area contributed by atoms with Crippen molar-refractivity contribution in [3.05, 3.63) is 29.6 Å². The largest absolute Gasteiger partial charge is 0.494 e. The van der Waals surface area contributed by atoms with Crippen molar-refractivity contribution >= 4 is 11.9 Å². The van der Waals surface area contributed by atoms with Crippen LogP contribution in [-0.2, 0) is 10.3 Å². The Bertz CT molecular complexity index is 586. The van der Waals surface area contributed by atoms with E-state index in [0.29, 0.717) is 24.0 Å². The summed E-state index contributed by atoms with van der Waals surface area (Å²) in [5.74, 6) is 0.205. The number of hydrogen-bond donors (Lipinski definition) is 2. The van der Waals surface area contributed by atoms with E-state index < -0.39 is 11.4 Å². The van der Waals surface area contributed by atoms with E-state index in [4.69, 9.17) is 4.74 Å². The molecular formula is C15H20FN3O2. The van der Waals surface area contributed by atoms with Crippen LogP contribution in [0.2, 0.25) is 0 Å². The Morgan fingerprint density at radius 2 is 2.14 bits per heavy atom. The van der Waals surface area contributed by atoms with E-state index >= 15 is 0 Å². The number of halogens is 1. The van der Waals surface area contributed by atoms with Crippen molar-refractivity contribution in [3.8, 4) is 5.75 Å². The molecule has 1 heterocycles. The molecule has 1 atom stereocenters. The summed E-state index contributed by atoms with van der Waals surface area (Å²) in [6.07, 6.45) is 0. The van der Waals surface area contributed by atoms with Crippen LogP contribution in [0.3, 0.4) is 0 Å². The third-order valence-electron chi connectivity index (χ3n) is 3.40. The van der Waals surface area contributed by atoms with E-state index in [-0.39, 0.29) is 11.7 Å². The number of carbonyl (C=O) groups excluding carboxylic acids is 1. The fourth-order valence-electron chi connectivity index (χ4n) is 2.09. The van der Waals surface area contributed by atoms with Crippen molar-refractivity contribution in [2.75, 3.05) is 13.7 Å². The maximum absolute atomic E-state index is 13.8. The van der Waals surface area contributed by atoms with Gasteiger partial charge in [-0.2, -0.15) is 0 Å². The summed E-state index contributed by atoms with van der Waals surface area (Å²) in [7, 11) is 1.40. The van der Waals surface area contributed by atoms with Gasteiger partial charge in [-0.1, -0.05) is 19.9 Å². The zero-order valence-electron chi connectivity index (χ0n) is 12.7. The Morgan fingerprint density at radius 3 is 2.71 bits per heavy atom. The second-order valence-corrected chi connectivity index (χ2v) is 5.64. The number of rotatable bonds is 4. The van der Waals surface area contributed by atoms with E-state index in [1.807, 2.05) is 13.8 Å². The zero-order chi connectivity index (χ0) is 15.6. The number of benzene rings is 1. The minimum atomic E-state index is -1.04. The molecular weight excluding hydrogens is 273 g/mol. The number of methoxy groups -OCH3 is 1. The number of ether oxygens (including phenoxy) is 1. The van der Waals surface area contributed by atoms with Crippen LogP contribution in [0.15, 0.2) is 23.2 Å². The van der Waals surface area contributed by atoms with E-state index in [9.17, 15) is 9.18 Å². The summed E-state index contributed by atoms with van der Waals surface area (Å²) in [6.45, 7) is 6.38. The number of carbonyl (C=O) groups is 1. The quantitative estimate of drug-likeness (QED) is 0.889. The van der Waals surface area contributed by atoms with Gasteiger partial charge in [0.05, 0.1) is 7.11 Å². The highest BCUT2D eigenvalue weighted by Gasteiger charge is 2.42.